The van der Waals surface area contributed by atoms with E-state index < -0.39 is 0 Å². The van der Waals surface area contributed by atoms with Gasteiger partial charge in [-0.2, -0.15) is 0 Å². The van der Waals surface area contributed by atoms with Crippen LogP contribution in [0.4, 0.5) is 0 Å². The molecule has 0 atom stereocenters. The molecule has 59 heavy (non-hydrogen) atoms. The van der Waals surface area contributed by atoms with Crippen molar-refractivity contribution in [1.29, 1.82) is 5.41 Å². The fraction of sp³-hybridized carbons (Fsp3) is 0. The lowest BCUT2D eigenvalue weighted by atomic mass is 9.93. The predicted octanol–water partition coefficient (Wildman–Crippen LogP) is 14.3. The summed E-state index contributed by atoms with van der Waals surface area (Å²) in [6.07, 6.45) is 1.80. The number of furan rings is 1. The van der Waals surface area contributed by atoms with Gasteiger partial charge >= 0.3 is 0 Å². The lowest BCUT2D eigenvalue weighted by molar-refractivity contribution is 0.674. The topological polar surface area (TPSA) is 61.7 Å². The average molecular weight is 756 g/mol. The van der Waals surface area contributed by atoms with Crippen molar-refractivity contribution in [2.24, 2.45) is 9.98 Å². The van der Waals surface area contributed by atoms with Crippen molar-refractivity contribution in [3.63, 3.8) is 0 Å². The van der Waals surface area contributed by atoms with E-state index in [0.29, 0.717) is 11.4 Å². The van der Waals surface area contributed by atoms with Crippen molar-refractivity contribution in [1.82, 2.24) is 0 Å². The Balaban J connectivity index is 1.00. The lowest BCUT2D eigenvalue weighted by Crippen LogP contribution is -2.05. The summed E-state index contributed by atoms with van der Waals surface area (Å²) >= 11 is 0. The van der Waals surface area contributed by atoms with Gasteiger partial charge in [-0.25, -0.2) is 9.98 Å². The number of benzene rings is 9. The largest absolute Gasteiger partial charge is 0.455 e. The summed E-state index contributed by atoms with van der Waals surface area (Å²) in [6.45, 7) is 0. The summed E-state index contributed by atoms with van der Waals surface area (Å²) in [7, 11) is 0. The van der Waals surface area contributed by atoms with Crippen LogP contribution in [0.15, 0.2) is 227 Å². The maximum Gasteiger partial charge on any atom is 0.161 e. The van der Waals surface area contributed by atoms with Crippen molar-refractivity contribution in [2.45, 2.75) is 0 Å². The molecule has 4 nitrogen and oxygen atoms in total. The van der Waals surface area contributed by atoms with E-state index in [1.165, 1.54) is 16.7 Å². The third-order valence-electron chi connectivity index (χ3n) is 10.9. The Morgan fingerprint density at radius 3 is 1.64 bits per heavy atom. The zero-order chi connectivity index (χ0) is 39.5. The molecule has 0 aliphatic rings. The number of nitrogens with zero attached hydrogens (tertiary/aromatic N) is 2. The van der Waals surface area contributed by atoms with Crippen LogP contribution in [0.2, 0.25) is 0 Å². The van der Waals surface area contributed by atoms with Gasteiger partial charge in [0.15, 0.2) is 11.7 Å². The minimum absolute atomic E-state index is 0.125. The Morgan fingerprint density at radius 2 is 0.915 bits per heavy atom. The summed E-state index contributed by atoms with van der Waals surface area (Å²) in [6, 6.07) is 72.8. The highest BCUT2D eigenvalue weighted by molar-refractivity contribution is 6.21. The summed E-state index contributed by atoms with van der Waals surface area (Å²) in [5, 5.41) is 13.5. The SMILES string of the molecule is N=C(N=C(N=Cc1ccccc1)c1cccc(-c2ccccc2)c1)c1ccc(-c2cccc3c2oc2c4ccccc4c(-c4ccc(-c5ccccc5)cc4)cc32)cc1. The molecule has 1 heterocycles. The average Bonchev–Trinajstić information content (AvgIpc) is 3.70. The molecule has 0 spiro atoms. The van der Waals surface area contributed by atoms with Gasteiger partial charge in [0.05, 0.1) is 0 Å². The first kappa shape index (κ1) is 35.5. The van der Waals surface area contributed by atoms with Crippen LogP contribution in [-0.2, 0) is 0 Å². The van der Waals surface area contributed by atoms with Crippen molar-refractivity contribution in [3.05, 3.63) is 229 Å². The Kier molecular flexibility index (Phi) is 9.34. The first-order valence-electron chi connectivity index (χ1n) is 19.7. The second kappa shape index (κ2) is 15.5. The van der Waals surface area contributed by atoms with E-state index in [1.54, 1.807) is 6.21 Å². The summed E-state index contributed by atoms with van der Waals surface area (Å²) in [5.41, 5.74) is 13.1. The van der Waals surface area contributed by atoms with Crippen LogP contribution in [0, 0.1) is 5.41 Å². The van der Waals surface area contributed by atoms with Gasteiger partial charge in [-0.3, -0.25) is 5.41 Å². The molecule has 0 aliphatic heterocycles. The summed E-state index contributed by atoms with van der Waals surface area (Å²) in [4.78, 5) is 9.63. The molecule has 0 amide bonds. The minimum Gasteiger partial charge on any atom is -0.455 e. The molecular formula is C55H37N3O. The molecule has 4 heteroatoms. The molecule has 1 N–H and O–H groups in total. The number of nitrogens with one attached hydrogen (secondary N) is 1. The monoisotopic (exact) mass is 755 g/mol. The molecule has 10 rings (SSSR count). The molecule has 278 valence electrons. The molecule has 0 saturated carbocycles. The number of fused-ring (bicyclic) bond motifs is 5. The third kappa shape index (κ3) is 7.05. The summed E-state index contributed by atoms with van der Waals surface area (Å²) < 4.78 is 6.82. The fourth-order valence-corrected chi connectivity index (χ4v) is 7.85. The smallest absolute Gasteiger partial charge is 0.161 e. The first-order valence-corrected chi connectivity index (χ1v) is 19.7. The first-order chi connectivity index (χ1) is 29.2. The number of amidine groups is 2. The maximum atomic E-state index is 9.13. The van der Waals surface area contributed by atoms with Crippen LogP contribution in [0.3, 0.4) is 0 Å². The normalized spacial score (nSPS) is 11.8. The van der Waals surface area contributed by atoms with Gasteiger partial charge in [-0.15, -0.1) is 0 Å². The van der Waals surface area contributed by atoms with E-state index in [1.807, 2.05) is 91.0 Å². The van der Waals surface area contributed by atoms with E-state index in [2.05, 4.69) is 121 Å². The maximum absolute atomic E-state index is 9.13. The van der Waals surface area contributed by atoms with Gasteiger partial charge in [0.1, 0.15) is 11.2 Å². The highest BCUT2D eigenvalue weighted by Crippen LogP contribution is 2.42. The van der Waals surface area contributed by atoms with Gasteiger partial charge in [-0.1, -0.05) is 200 Å². The highest BCUT2D eigenvalue weighted by atomic mass is 16.3. The number of hydrogen-bond acceptors (Lipinski definition) is 2. The van der Waals surface area contributed by atoms with Crippen LogP contribution < -0.4 is 0 Å². The van der Waals surface area contributed by atoms with Crippen LogP contribution in [0.25, 0.3) is 77.2 Å². The van der Waals surface area contributed by atoms with E-state index in [4.69, 9.17) is 19.8 Å². The lowest BCUT2D eigenvalue weighted by Gasteiger charge is -2.09. The van der Waals surface area contributed by atoms with E-state index in [0.717, 1.165) is 71.7 Å². The van der Waals surface area contributed by atoms with Crippen LogP contribution >= 0.6 is 0 Å². The third-order valence-corrected chi connectivity index (χ3v) is 10.9. The quantitative estimate of drug-likeness (QED) is 0.128. The predicted molar refractivity (Wildman–Crippen MR) is 247 cm³/mol. The molecule has 0 aliphatic carbocycles. The molecule has 0 unspecified atom stereocenters. The van der Waals surface area contributed by atoms with Gasteiger partial charge in [0.2, 0.25) is 0 Å². The van der Waals surface area contributed by atoms with Crippen LogP contribution in [0.1, 0.15) is 16.7 Å². The Bertz CT molecular complexity index is 3180. The van der Waals surface area contributed by atoms with Gasteiger partial charge < -0.3 is 4.42 Å². The van der Waals surface area contributed by atoms with Crippen molar-refractivity contribution < 1.29 is 4.42 Å². The zero-order valence-corrected chi connectivity index (χ0v) is 32.1. The van der Waals surface area contributed by atoms with Gasteiger partial charge in [-0.05, 0) is 62.0 Å². The number of hydrogen-bond donors (Lipinski definition) is 1. The molecule has 0 bridgehead atoms. The number of para-hydroxylation sites is 1. The second-order valence-electron chi connectivity index (χ2n) is 14.6. The fourth-order valence-electron chi connectivity index (χ4n) is 7.85. The van der Waals surface area contributed by atoms with Crippen LogP contribution in [0.5, 0.6) is 0 Å². The van der Waals surface area contributed by atoms with Crippen molar-refractivity contribution in [2.75, 3.05) is 0 Å². The molecule has 0 saturated heterocycles. The standard InChI is InChI=1S/C55H37N3O/c56-54(58-55(57-36-37-14-4-1-5-15-37)45-21-12-20-44(34-45)39-18-8-3-9-19-39)43-32-30-41(31-33-43)46-24-13-25-49-51-35-50(47-22-10-11-23-48(47)53(51)59-52(46)49)42-28-26-40(27-29-42)38-16-6-2-7-17-38/h1-36,56H. The second-order valence-corrected chi connectivity index (χ2v) is 14.6. The van der Waals surface area contributed by atoms with Crippen molar-refractivity contribution in [3.8, 4) is 44.5 Å². The van der Waals surface area contributed by atoms with Gasteiger partial charge in [0.25, 0.3) is 0 Å². The zero-order valence-electron chi connectivity index (χ0n) is 32.1. The van der Waals surface area contributed by atoms with Crippen molar-refractivity contribution >= 4 is 50.6 Å². The molecule has 0 fully saturated rings. The van der Waals surface area contributed by atoms with E-state index in [-0.39, 0.29) is 5.84 Å². The molecular weight excluding hydrogens is 719 g/mol. The summed E-state index contributed by atoms with van der Waals surface area (Å²) in [5.74, 6) is 0.589. The Labute approximate surface area is 342 Å². The minimum atomic E-state index is 0.125. The van der Waals surface area contributed by atoms with Crippen LogP contribution in [-0.4, -0.2) is 17.9 Å². The number of aliphatic imine (C=N–C) groups is 2. The molecule has 9 aromatic carbocycles. The molecule has 0 radical (unpaired) electrons. The van der Waals surface area contributed by atoms with E-state index in [9.17, 15) is 0 Å². The highest BCUT2D eigenvalue weighted by Gasteiger charge is 2.18. The molecule has 10 aromatic rings. The number of rotatable bonds is 7. The van der Waals surface area contributed by atoms with E-state index >= 15 is 0 Å². The van der Waals surface area contributed by atoms with Gasteiger partial charge in [0, 0.05) is 39.1 Å². The Hall–Kier alpha value is -7.95. The molecule has 1 aromatic heterocycles. The Morgan fingerprint density at radius 1 is 0.390 bits per heavy atom.